The summed E-state index contributed by atoms with van der Waals surface area (Å²) in [7, 11) is 0. The summed E-state index contributed by atoms with van der Waals surface area (Å²) in [5.74, 6) is 0.810. The molecule has 2 aromatic rings. The predicted octanol–water partition coefficient (Wildman–Crippen LogP) is 1.69. The summed E-state index contributed by atoms with van der Waals surface area (Å²) in [6.07, 6.45) is 3.57. The topological polar surface area (TPSA) is 58.3 Å². The Morgan fingerprint density at radius 1 is 0.950 bits per heavy atom. The number of benzene rings is 1. The molecule has 0 aliphatic carbocycles. The molecule has 1 aliphatic rings. The van der Waals surface area contributed by atoms with E-state index in [1.54, 1.807) is 12.4 Å². The van der Waals surface area contributed by atoms with Crippen LogP contribution in [0.15, 0.2) is 36.7 Å². The molecule has 3 rings (SSSR count). The van der Waals surface area contributed by atoms with Gasteiger partial charge in [-0.05, 0) is 24.6 Å². The molecule has 5 heteroatoms. The lowest BCUT2D eigenvalue weighted by molar-refractivity contribution is 0.639. The Bertz CT molecular complexity index is 556. The molecule has 0 unspecified atom stereocenters. The molecular weight excluding hydrogens is 250 g/mol. The zero-order valence-electron chi connectivity index (χ0n) is 11.7. The Morgan fingerprint density at radius 3 is 2.25 bits per heavy atom. The Balaban J connectivity index is 1.73. The number of aryl methyl sites for hydroxylation is 1. The minimum absolute atomic E-state index is 0.810. The van der Waals surface area contributed by atoms with E-state index >= 15 is 0 Å². The van der Waals surface area contributed by atoms with Crippen LogP contribution in [0, 0.1) is 6.92 Å². The molecule has 20 heavy (non-hydrogen) atoms. The van der Waals surface area contributed by atoms with Crippen LogP contribution in [0.2, 0.25) is 0 Å². The first-order valence-corrected chi connectivity index (χ1v) is 6.88. The van der Waals surface area contributed by atoms with Crippen molar-refractivity contribution in [2.45, 2.75) is 6.92 Å². The number of nitrogens with zero attached hydrogens (tertiary/aromatic N) is 4. The highest BCUT2D eigenvalue weighted by Crippen LogP contribution is 2.28. The first kappa shape index (κ1) is 12.7. The van der Waals surface area contributed by atoms with Crippen molar-refractivity contribution in [2.75, 3.05) is 41.7 Å². The van der Waals surface area contributed by atoms with Gasteiger partial charge in [0.15, 0.2) is 0 Å². The van der Waals surface area contributed by atoms with Crippen molar-refractivity contribution in [3.05, 3.63) is 42.2 Å². The predicted molar refractivity (Wildman–Crippen MR) is 82.0 cm³/mol. The van der Waals surface area contributed by atoms with Crippen molar-refractivity contribution in [1.82, 2.24) is 9.97 Å². The fourth-order valence-corrected chi connectivity index (χ4v) is 2.70. The molecule has 1 fully saturated rings. The summed E-state index contributed by atoms with van der Waals surface area (Å²) in [4.78, 5) is 13.2. The van der Waals surface area contributed by atoms with Crippen LogP contribution in [0.1, 0.15) is 5.56 Å². The first-order valence-electron chi connectivity index (χ1n) is 6.88. The summed E-state index contributed by atoms with van der Waals surface area (Å²) in [6.45, 7) is 5.81. The van der Waals surface area contributed by atoms with Gasteiger partial charge in [-0.1, -0.05) is 12.1 Å². The third-order valence-corrected chi connectivity index (χ3v) is 3.70. The summed E-state index contributed by atoms with van der Waals surface area (Å²) < 4.78 is 0. The highest BCUT2D eigenvalue weighted by Gasteiger charge is 2.21. The van der Waals surface area contributed by atoms with Crippen LogP contribution in [0.25, 0.3) is 0 Å². The normalized spacial score (nSPS) is 15.4. The second-order valence-electron chi connectivity index (χ2n) is 5.04. The van der Waals surface area contributed by atoms with Crippen LogP contribution in [0.5, 0.6) is 0 Å². The maximum Gasteiger partial charge on any atom is 0.225 e. The van der Waals surface area contributed by atoms with Gasteiger partial charge in [-0.2, -0.15) is 0 Å². The van der Waals surface area contributed by atoms with Crippen LogP contribution in [-0.4, -0.2) is 36.1 Å². The van der Waals surface area contributed by atoms with Gasteiger partial charge in [-0.3, -0.25) is 0 Å². The fraction of sp³-hybridized carbons (Fsp3) is 0.333. The van der Waals surface area contributed by atoms with E-state index in [9.17, 15) is 0 Å². The smallest absolute Gasteiger partial charge is 0.225 e. The molecule has 5 nitrogen and oxygen atoms in total. The lowest BCUT2D eigenvalue weighted by Crippen LogP contribution is -2.47. The van der Waals surface area contributed by atoms with Gasteiger partial charge in [0.05, 0.1) is 11.4 Å². The molecule has 2 heterocycles. The Hall–Kier alpha value is -2.30. The van der Waals surface area contributed by atoms with Crippen molar-refractivity contribution in [1.29, 1.82) is 0 Å². The molecule has 104 valence electrons. The monoisotopic (exact) mass is 269 g/mol. The van der Waals surface area contributed by atoms with Crippen LogP contribution in [0.3, 0.4) is 0 Å². The van der Waals surface area contributed by atoms with Crippen molar-refractivity contribution in [3.8, 4) is 0 Å². The molecule has 0 saturated carbocycles. The van der Waals surface area contributed by atoms with Crippen molar-refractivity contribution >= 4 is 17.3 Å². The molecule has 0 radical (unpaired) electrons. The Labute approximate surface area is 119 Å². The molecule has 0 spiro atoms. The number of hydrogen-bond acceptors (Lipinski definition) is 5. The average molecular weight is 269 g/mol. The number of aromatic nitrogens is 2. The standard InChI is InChI=1S/C15H19N5/c1-12-4-2-5-13(16)14(12)19-8-10-20(11-9-19)15-17-6-3-7-18-15/h2-7H,8-11,16H2,1H3. The molecule has 1 aromatic carbocycles. The van der Waals surface area contributed by atoms with Crippen LogP contribution in [-0.2, 0) is 0 Å². The van der Waals surface area contributed by atoms with E-state index in [0.29, 0.717) is 0 Å². The maximum absolute atomic E-state index is 6.12. The van der Waals surface area contributed by atoms with E-state index in [0.717, 1.165) is 37.8 Å². The number of piperazine rings is 1. The van der Waals surface area contributed by atoms with Gasteiger partial charge >= 0.3 is 0 Å². The summed E-state index contributed by atoms with van der Waals surface area (Å²) >= 11 is 0. The molecule has 1 aliphatic heterocycles. The van der Waals surface area contributed by atoms with E-state index in [4.69, 9.17) is 5.73 Å². The number of para-hydroxylation sites is 1. The third-order valence-electron chi connectivity index (χ3n) is 3.70. The van der Waals surface area contributed by atoms with E-state index in [1.165, 1.54) is 11.3 Å². The lowest BCUT2D eigenvalue weighted by Gasteiger charge is -2.37. The summed E-state index contributed by atoms with van der Waals surface area (Å²) in [5.41, 5.74) is 9.37. The number of hydrogen-bond donors (Lipinski definition) is 1. The third kappa shape index (κ3) is 2.39. The second kappa shape index (κ2) is 5.36. The molecule has 2 N–H and O–H groups in total. The van der Waals surface area contributed by atoms with Crippen molar-refractivity contribution in [2.24, 2.45) is 0 Å². The minimum Gasteiger partial charge on any atom is -0.397 e. The highest BCUT2D eigenvalue weighted by molar-refractivity contribution is 5.71. The summed E-state index contributed by atoms with van der Waals surface area (Å²) in [6, 6.07) is 7.92. The fourth-order valence-electron chi connectivity index (χ4n) is 2.70. The highest BCUT2D eigenvalue weighted by atomic mass is 15.3. The van der Waals surface area contributed by atoms with Gasteiger partial charge in [0, 0.05) is 38.6 Å². The molecule has 1 aromatic heterocycles. The molecule has 0 atom stereocenters. The number of anilines is 3. The van der Waals surface area contributed by atoms with E-state index in [2.05, 4.69) is 32.8 Å². The second-order valence-corrected chi connectivity index (χ2v) is 5.04. The van der Waals surface area contributed by atoms with Crippen LogP contribution >= 0.6 is 0 Å². The molecular formula is C15H19N5. The van der Waals surface area contributed by atoms with Crippen molar-refractivity contribution in [3.63, 3.8) is 0 Å². The van der Waals surface area contributed by atoms with E-state index in [1.807, 2.05) is 18.2 Å². The van der Waals surface area contributed by atoms with Gasteiger partial charge in [0.2, 0.25) is 5.95 Å². The Kier molecular flexibility index (Phi) is 3.41. The van der Waals surface area contributed by atoms with E-state index < -0.39 is 0 Å². The van der Waals surface area contributed by atoms with Gasteiger partial charge in [0.1, 0.15) is 0 Å². The van der Waals surface area contributed by atoms with Gasteiger partial charge in [0.25, 0.3) is 0 Å². The average Bonchev–Trinajstić information content (AvgIpc) is 2.49. The molecule has 0 bridgehead atoms. The quantitative estimate of drug-likeness (QED) is 0.841. The number of rotatable bonds is 2. The zero-order chi connectivity index (χ0) is 13.9. The minimum atomic E-state index is 0.810. The zero-order valence-corrected chi connectivity index (χ0v) is 11.7. The van der Waals surface area contributed by atoms with Crippen molar-refractivity contribution < 1.29 is 0 Å². The van der Waals surface area contributed by atoms with Gasteiger partial charge in [-0.25, -0.2) is 9.97 Å². The van der Waals surface area contributed by atoms with E-state index in [-0.39, 0.29) is 0 Å². The number of nitrogens with two attached hydrogens (primary N) is 1. The van der Waals surface area contributed by atoms with Crippen LogP contribution < -0.4 is 15.5 Å². The molecule has 1 saturated heterocycles. The van der Waals surface area contributed by atoms with Gasteiger partial charge < -0.3 is 15.5 Å². The number of nitrogen functional groups attached to an aromatic ring is 1. The maximum atomic E-state index is 6.12. The molecule has 0 amide bonds. The van der Waals surface area contributed by atoms with Gasteiger partial charge in [-0.15, -0.1) is 0 Å². The Morgan fingerprint density at radius 2 is 1.60 bits per heavy atom. The lowest BCUT2D eigenvalue weighted by atomic mass is 10.1. The first-order chi connectivity index (χ1) is 9.75. The largest absolute Gasteiger partial charge is 0.397 e. The SMILES string of the molecule is Cc1cccc(N)c1N1CCN(c2ncccn2)CC1. The van der Waals surface area contributed by atoms with Crippen LogP contribution in [0.4, 0.5) is 17.3 Å². The summed E-state index contributed by atoms with van der Waals surface area (Å²) in [5, 5.41) is 0.